The summed E-state index contributed by atoms with van der Waals surface area (Å²) in [5.41, 5.74) is 1.05. The Morgan fingerprint density at radius 2 is 2.14 bits per heavy atom. The molecule has 1 aromatic carbocycles. The Bertz CT molecular complexity index is 1000. The first-order valence-electron chi connectivity index (χ1n) is 9.90. The molecule has 8 nitrogen and oxygen atoms in total. The highest BCUT2D eigenvalue weighted by Crippen LogP contribution is 2.34. The van der Waals surface area contributed by atoms with Gasteiger partial charge in [-0.15, -0.1) is 16.4 Å². The van der Waals surface area contributed by atoms with Gasteiger partial charge in [-0.25, -0.2) is 4.68 Å². The van der Waals surface area contributed by atoms with Crippen molar-refractivity contribution >= 4 is 33.2 Å². The maximum atomic E-state index is 12.9. The summed E-state index contributed by atoms with van der Waals surface area (Å²) < 4.78 is 2.68. The summed E-state index contributed by atoms with van der Waals surface area (Å²) in [6.07, 6.45) is 5.65. The Morgan fingerprint density at radius 3 is 2.93 bits per heavy atom. The van der Waals surface area contributed by atoms with E-state index in [0.717, 1.165) is 46.3 Å². The quantitative estimate of drug-likeness (QED) is 0.670. The fourth-order valence-electron chi connectivity index (χ4n) is 4.01. The molecule has 2 aromatic heterocycles. The summed E-state index contributed by atoms with van der Waals surface area (Å²) in [5.74, 6) is 0.0554. The number of benzene rings is 1. The molecule has 152 valence electrons. The first-order valence-corrected chi connectivity index (χ1v) is 10.7. The van der Waals surface area contributed by atoms with E-state index >= 15 is 0 Å². The van der Waals surface area contributed by atoms with Gasteiger partial charge in [-0.1, -0.05) is 18.2 Å². The normalized spacial score (nSPS) is 16.9. The van der Waals surface area contributed by atoms with E-state index in [4.69, 9.17) is 0 Å². The summed E-state index contributed by atoms with van der Waals surface area (Å²) in [6, 6.07) is 8.21. The van der Waals surface area contributed by atoms with Crippen LogP contribution in [0.5, 0.6) is 0 Å². The van der Waals surface area contributed by atoms with Gasteiger partial charge < -0.3 is 10.2 Å². The van der Waals surface area contributed by atoms with Crippen LogP contribution in [0.15, 0.2) is 30.6 Å². The van der Waals surface area contributed by atoms with Gasteiger partial charge in [0.2, 0.25) is 5.91 Å². The maximum Gasteiger partial charge on any atom is 0.261 e. The molecule has 0 unspecified atom stereocenters. The number of tetrazole rings is 1. The lowest BCUT2D eigenvalue weighted by Gasteiger charge is -2.36. The summed E-state index contributed by atoms with van der Waals surface area (Å²) >= 11 is 1.52. The molecule has 1 aliphatic rings. The zero-order valence-electron chi connectivity index (χ0n) is 16.4. The number of carbonyl (C=O) groups excluding carboxylic acids is 2. The first-order chi connectivity index (χ1) is 14.2. The molecular weight excluding hydrogens is 388 g/mol. The highest BCUT2D eigenvalue weighted by Gasteiger charge is 2.29. The molecule has 3 heterocycles. The lowest BCUT2D eigenvalue weighted by Crippen LogP contribution is -2.45. The van der Waals surface area contributed by atoms with Crippen LogP contribution < -0.4 is 5.32 Å². The SMILES string of the molecule is CNC(=O)c1sc2ccccc2c1C[C@@H]1CCCCN1C(=O)CCn1cnnn1. The smallest absolute Gasteiger partial charge is 0.261 e. The largest absolute Gasteiger partial charge is 0.354 e. The van der Waals surface area contributed by atoms with Crippen molar-refractivity contribution in [2.75, 3.05) is 13.6 Å². The average molecular weight is 413 g/mol. The predicted octanol–water partition coefficient (Wildman–Crippen LogP) is 2.26. The van der Waals surface area contributed by atoms with Crippen LogP contribution >= 0.6 is 11.3 Å². The van der Waals surface area contributed by atoms with Crippen molar-refractivity contribution in [3.8, 4) is 0 Å². The number of rotatable bonds is 6. The second-order valence-corrected chi connectivity index (χ2v) is 8.30. The minimum Gasteiger partial charge on any atom is -0.354 e. The molecule has 0 saturated carbocycles. The number of thiophene rings is 1. The second-order valence-electron chi connectivity index (χ2n) is 7.25. The van der Waals surface area contributed by atoms with E-state index in [2.05, 4.69) is 26.9 Å². The third-order valence-corrected chi connectivity index (χ3v) is 6.68. The molecule has 1 atom stereocenters. The molecule has 1 saturated heterocycles. The fourth-order valence-corrected chi connectivity index (χ4v) is 5.19. The highest BCUT2D eigenvalue weighted by atomic mass is 32.1. The molecule has 29 heavy (non-hydrogen) atoms. The number of likely N-dealkylation sites (tertiary alicyclic amines) is 1. The van der Waals surface area contributed by atoms with Crippen molar-refractivity contribution in [2.24, 2.45) is 0 Å². The summed E-state index contributed by atoms with van der Waals surface area (Å²) in [7, 11) is 1.66. The predicted molar refractivity (Wildman–Crippen MR) is 111 cm³/mol. The highest BCUT2D eigenvalue weighted by molar-refractivity contribution is 7.21. The summed E-state index contributed by atoms with van der Waals surface area (Å²) in [5, 5.41) is 14.9. The van der Waals surface area contributed by atoms with Crippen molar-refractivity contribution in [1.82, 2.24) is 30.4 Å². The lowest BCUT2D eigenvalue weighted by atomic mass is 9.93. The van der Waals surface area contributed by atoms with E-state index < -0.39 is 0 Å². The topological polar surface area (TPSA) is 93.0 Å². The van der Waals surface area contributed by atoms with E-state index in [-0.39, 0.29) is 17.9 Å². The van der Waals surface area contributed by atoms with Gasteiger partial charge in [0.05, 0.1) is 11.4 Å². The Labute approximate surface area is 172 Å². The lowest BCUT2D eigenvalue weighted by molar-refractivity contribution is -0.135. The van der Waals surface area contributed by atoms with Gasteiger partial charge in [-0.05, 0) is 53.1 Å². The van der Waals surface area contributed by atoms with Gasteiger partial charge >= 0.3 is 0 Å². The van der Waals surface area contributed by atoms with Crippen LogP contribution in [0.25, 0.3) is 10.1 Å². The van der Waals surface area contributed by atoms with Crippen LogP contribution in [0.1, 0.15) is 40.9 Å². The van der Waals surface area contributed by atoms with Gasteiger partial charge in [0.1, 0.15) is 6.33 Å². The number of carbonyl (C=O) groups is 2. The van der Waals surface area contributed by atoms with E-state index in [1.54, 1.807) is 11.7 Å². The van der Waals surface area contributed by atoms with Gasteiger partial charge in [0, 0.05) is 30.8 Å². The van der Waals surface area contributed by atoms with Crippen molar-refractivity contribution in [3.63, 3.8) is 0 Å². The fraction of sp³-hybridized carbons (Fsp3) is 0.450. The third-order valence-electron chi connectivity index (χ3n) is 5.47. The van der Waals surface area contributed by atoms with Crippen LogP contribution in [0.4, 0.5) is 0 Å². The molecule has 1 fully saturated rings. The number of fused-ring (bicyclic) bond motifs is 1. The minimum absolute atomic E-state index is 0.0615. The van der Waals surface area contributed by atoms with Crippen molar-refractivity contribution in [2.45, 2.75) is 44.7 Å². The maximum absolute atomic E-state index is 12.9. The zero-order chi connectivity index (χ0) is 20.2. The van der Waals surface area contributed by atoms with E-state index in [1.165, 1.54) is 17.7 Å². The van der Waals surface area contributed by atoms with Crippen molar-refractivity contribution in [1.29, 1.82) is 0 Å². The van der Waals surface area contributed by atoms with Gasteiger partial charge in [-0.2, -0.15) is 0 Å². The molecule has 1 N–H and O–H groups in total. The molecule has 4 rings (SSSR count). The Morgan fingerprint density at radius 1 is 1.28 bits per heavy atom. The monoisotopic (exact) mass is 412 g/mol. The van der Waals surface area contributed by atoms with Crippen LogP contribution in [0.3, 0.4) is 0 Å². The summed E-state index contributed by atoms with van der Waals surface area (Å²) in [6.45, 7) is 1.23. The van der Waals surface area contributed by atoms with E-state index in [1.807, 2.05) is 23.1 Å². The number of aryl methyl sites for hydroxylation is 1. The van der Waals surface area contributed by atoms with Crippen LogP contribution in [-0.4, -0.2) is 56.6 Å². The number of amides is 2. The Balaban J connectivity index is 1.56. The number of hydrogen-bond donors (Lipinski definition) is 1. The molecule has 0 aliphatic carbocycles. The van der Waals surface area contributed by atoms with Crippen molar-refractivity contribution in [3.05, 3.63) is 41.0 Å². The average Bonchev–Trinajstić information content (AvgIpc) is 3.40. The van der Waals surface area contributed by atoms with Crippen LogP contribution in [-0.2, 0) is 17.8 Å². The molecule has 0 bridgehead atoms. The second kappa shape index (κ2) is 8.69. The third kappa shape index (κ3) is 4.14. The standard InChI is InChI=1S/C20H24N6O2S/c1-21-20(28)19-16(15-7-2-3-8-17(15)29-19)12-14-6-4-5-10-26(14)18(27)9-11-25-13-22-23-24-25/h2-3,7-8,13-14H,4-6,9-12H2,1H3,(H,21,28)/t14-/m0/s1. The van der Waals surface area contributed by atoms with Crippen molar-refractivity contribution < 1.29 is 9.59 Å². The molecular formula is C20H24N6O2S. The van der Waals surface area contributed by atoms with E-state index in [0.29, 0.717) is 19.4 Å². The molecule has 0 radical (unpaired) electrons. The molecule has 9 heteroatoms. The van der Waals surface area contributed by atoms with Gasteiger partial charge in [0.25, 0.3) is 5.91 Å². The molecule has 1 aliphatic heterocycles. The minimum atomic E-state index is -0.0615. The van der Waals surface area contributed by atoms with E-state index in [9.17, 15) is 9.59 Å². The Hall–Kier alpha value is -2.81. The number of piperidine rings is 1. The molecule has 2 amide bonds. The number of hydrogen-bond acceptors (Lipinski definition) is 6. The van der Waals surface area contributed by atoms with Crippen LogP contribution in [0.2, 0.25) is 0 Å². The first kappa shape index (κ1) is 19.5. The summed E-state index contributed by atoms with van der Waals surface area (Å²) in [4.78, 5) is 28.2. The van der Waals surface area contributed by atoms with Crippen LogP contribution in [0, 0.1) is 0 Å². The van der Waals surface area contributed by atoms with Gasteiger partial charge in [-0.3, -0.25) is 9.59 Å². The number of nitrogens with zero attached hydrogens (tertiary/aromatic N) is 5. The van der Waals surface area contributed by atoms with Gasteiger partial charge in [0.15, 0.2) is 0 Å². The molecule has 3 aromatic rings. The number of aromatic nitrogens is 4. The molecule has 0 spiro atoms. The number of nitrogens with one attached hydrogen (secondary N) is 1. The Kier molecular flexibility index (Phi) is 5.84. The zero-order valence-corrected chi connectivity index (χ0v) is 17.2.